The Morgan fingerprint density at radius 2 is 1.88 bits per heavy atom. The van der Waals surface area contributed by atoms with Crippen molar-refractivity contribution in [3.63, 3.8) is 0 Å². The van der Waals surface area contributed by atoms with Crippen molar-refractivity contribution in [3.8, 4) is 0 Å². The van der Waals surface area contributed by atoms with E-state index in [9.17, 15) is 9.59 Å². The Kier molecular flexibility index (Phi) is 4.02. The van der Waals surface area contributed by atoms with Gasteiger partial charge in [-0.2, -0.15) is 0 Å². The molecule has 1 saturated carbocycles. The van der Waals surface area contributed by atoms with Gasteiger partial charge in [0.25, 0.3) is 0 Å². The summed E-state index contributed by atoms with van der Waals surface area (Å²) in [5.41, 5.74) is 0. The average molecular weight is 238 g/mol. The molecule has 0 atom stereocenters. The molecule has 0 unspecified atom stereocenters. The first-order valence-electron chi connectivity index (χ1n) is 6.68. The van der Waals surface area contributed by atoms with E-state index in [2.05, 4.69) is 0 Å². The van der Waals surface area contributed by atoms with Crippen molar-refractivity contribution in [1.82, 2.24) is 9.80 Å². The minimum atomic E-state index is 0.102. The summed E-state index contributed by atoms with van der Waals surface area (Å²) in [6, 6.07) is 0. The molecule has 1 aliphatic carbocycles. The van der Waals surface area contributed by atoms with Gasteiger partial charge in [0.1, 0.15) is 0 Å². The Labute approximate surface area is 103 Å². The summed E-state index contributed by atoms with van der Waals surface area (Å²) in [7, 11) is 1.74. The van der Waals surface area contributed by atoms with E-state index in [1.54, 1.807) is 11.9 Å². The zero-order valence-corrected chi connectivity index (χ0v) is 10.7. The summed E-state index contributed by atoms with van der Waals surface area (Å²) >= 11 is 0. The quantitative estimate of drug-likeness (QED) is 0.723. The topological polar surface area (TPSA) is 40.6 Å². The zero-order valence-electron chi connectivity index (χ0n) is 10.7. The smallest absolute Gasteiger partial charge is 0.242 e. The highest BCUT2D eigenvalue weighted by molar-refractivity contribution is 5.84. The van der Waals surface area contributed by atoms with Crippen LogP contribution in [-0.4, -0.2) is 48.3 Å². The molecule has 17 heavy (non-hydrogen) atoms. The van der Waals surface area contributed by atoms with Crippen LogP contribution >= 0.6 is 0 Å². The van der Waals surface area contributed by atoms with Crippen LogP contribution in [0.1, 0.15) is 38.5 Å². The van der Waals surface area contributed by atoms with Crippen LogP contribution in [0.15, 0.2) is 0 Å². The maximum absolute atomic E-state index is 11.8. The van der Waals surface area contributed by atoms with Crippen molar-refractivity contribution in [1.29, 1.82) is 0 Å². The van der Waals surface area contributed by atoms with Crippen molar-refractivity contribution in [3.05, 3.63) is 0 Å². The third-order valence-electron chi connectivity index (χ3n) is 3.72. The minimum absolute atomic E-state index is 0.102. The molecule has 4 heteroatoms. The Bertz CT molecular complexity index is 294. The summed E-state index contributed by atoms with van der Waals surface area (Å²) in [4.78, 5) is 27.1. The van der Waals surface area contributed by atoms with Gasteiger partial charge in [0.05, 0.1) is 6.54 Å². The van der Waals surface area contributed by atoms with Crippen molar-refractivity contribution < 1.29 is 9.59 Å². The van der Waals surface area contributed by atoms with Crippen LogP contribution in [0, 0.1) is 5.92 Å². The van der Waals surface area contributed by atoms with Crippen molar-refractivity contribution >= 4 is 11.8 Å². The highest BCUT2D eigenvalue weighted by atomic mass is 16.2. The molecule has 0 radical (unpaired) electrons. The number of hydrogen-bond acceptors (Lipinski definition) is 2. The third-order valence-corrected chi connectivity index (χ3v) is 3.72. The molecule has 2 amide bonds. The highest BCUT2D eigenvalue weighted by Gasteiger charge is 2.24. The van der Waals surface area contributed by atoms with Crippen LogP contribution in [0.25, 0.3) is 0 Å². The van der Waals surface area contributed by atoms with Gasteiger partial charge in [0, 0.05) is 26.6 Å². The van der Waals surface area contributed by atoms with Gasteiger partial charge in [-0.05, 0) is 25.2 Å². The molecule has 0 aromatic heterocycles. The monoisotopic (exact) mass is 238 g/mol. The molecule has 0 aromatic carbocycles. The van der Waals surface area contributed by atoms with Crippen LogP contribution in [0.2, 0.25) is 0 Å². The van der Waals surface area contributed by atoms with Gasteiger partial charge in [-0.3, -0.25) is 9.59 Å². The summed E-state index contributed by atoms with van der Waals surface area (Å²) in [6.45, 7) is 1.98. The maximum Gasteiger partial charge on any atom is 0.242 e. The van der Waals surface area contributed by atoms with Crippen LogP contribution in [0.3, 0.4) is 0 Å². The Morgan fingerprint density at radius 3 is 2.47 bits per heavy atom. The van der Waals surface area contributed by atoms with Gasteiger partial charge in [0.15, 0.2) is 0 Å². The van der Waals surface area contributed by atoms with E-state index >= 15 is 0 Å². The lowest BCUT2D eigenvalue weighted by Crippen LogP contribution is -2.39. The van der Waals surface area contributed by atoms with Gasteiger partial charge in [-0.15, -0.1) is 0 Å². The molecule has 0 aromatic rings. The van der Waals surface area contributed by atoms with Crippen LogP contribution < -0.4 is 0 Å². The van der Waals surface area contributed by atoms with Gasteiger partial charge in [0.2, 0.25) is 11.8 Å². The van der Waals surface area contributed by atoms with Crippen LogP contribution in [-0.2, 0) is 9.59 Å². The lowest BCUT2D eigenvalue weighted by molar-refractivity contribution is -0.138. The summed E-state index contributed by atoms with van der Waals surface area (Å²) in [5.74, 6) is 0.996. The van der Waals surface area contributed by atoms with E-state index in [1.165, 1.54) is 12.8 Å². The molecule has 0 N–H and O–H groups in total. The van der Waals surface area contributed by atoms with E-state index < -0.39 is 0 Å². The molecule has 0 spiro atoms. The highest BCUT2D eigenvalue weighted by Crippen LogP contribution is 2.33. The van der Waals surface area contributed by atoms with Crippen molar-refractivity contribution in [2.75, 3.05) is 26.7 Å². The van der Waals surface area contributed by atoms with Crippen molar-refractivity contribution in [2.24, 2.45) is 5.92 Å². The number of hydrogen-bond donors (Lipinski definition) is 0. The number of likely N-dealkylation sites (tertiary alicyclic amines) is 1. The Hall–Kier alpha value is -1.06. The van der Waals surface area contributed by atoms with E-state index in [-0.39, 0.29) is 18.4 Å². The molecule has 2 rings (SSSR count). The van der Waals surface area contributed by atoms with E-state index in [4.69, 9.17) is 0 Å². The molecule has 1 heterocycles. The number of nitrogens with zero attached hydrogens (tertiary/aromatic N) is 2. The largest absolute Gasteiger partial charge is 0.341 e. The first kappa shape index (κ1) is 12.4. The minimum Gasteiger partial charge on any atom is -0.341 e. The van der Waals surface area contributed by atoms with E-state index in [0.717, 1.165) is 38.3 Å². The fourth-order valence-corrected chi connectivity index (χ4v) is 2.28. The zero-order chi connectivity index (χ0) is 12.3. The number of amides is 2. The van der Waals surface area contributed by atoms with Gasteiger partial charge >= 0.3 is 0 Å². The molecule has 96 valence electrons. The number of likely N-dealkylation sites (N-methyl/N-ethyl adjacent to an activating group) is 1. The molecule has 1 saturated heterocycles. The van der Waals surface area contributed by atoms with E-state index in [1.807, 2.05) is 4.90 Å². The van der Waals surface area contributed by atoms with Crippen LogP contribution in [0.5, 0.6) is 0 Å². The normalized spacial score (nSPS) is 19.5. The lowest BCUT2D eigenvalue weighted by Gasteiger charge is -2.21. The first-order chi connectivity index (χ1) is 8.16. The van der Waals surface area contributed by atoms with E-state index in [0.29, 0.717) is 6.42 Å². The molecule has 1 aliphatic heterocycles. The molecule has 4 nitrogen and oxygen atoms in total. The fraction of sp³-hybridized carbons (Fsp3) is 0.846. The second kappa shape index (κ2) is 5.52. The Balaban J connectivity index is 1.68. The van der Waals surface area contributed by atoms with Crippen LogP contribution in [0.4, 0.5) is 0 Å². The molecule has 2 fully saturated rings. The maximum atomic E-state index is 11.8. The van der Waals surface area contributed by atoms with Gasteiger partial charge < -0.3 is 9.80 Å². The third kappa shape index (κ3) is 3.72. The summed E-state index contributed by atoms with van der Waals surface area (Å²) in [6.07, 6.45) is 6.37. The summed E-state index contributed by atoms with van der Waals surface area (Å²) < 4.78 is 0. The molecule has 2 aliphatic rings. The fourth-order valence-electron chi connectivity index (χ4n) is 2.28. The van der Waals surface area contributed by atoms with Gasteiger partial charge in [-0.25, -0.2) is 0 Å². The predicted molar refractivity (Wildman–Crippen MR) is 65.4 cm³/mol. The average Bonchev–Trinajstić information content (AvgIpc) is 2.97. The second-order valence-electron chi connectivity index (χ2n) is 5.32. The predicted octanol–water partition coefficient (Wildman–Crippen LogP) is 1.26. The Morgan fingerprint density at radius 1 is 1.24 bits per heavy atom. The SMILES string of the molecule is CN(CC(=O)N1CCCC1)C(=O)CCC1CC1. The summed E-state index contributed by atoms with van der Waals surface area (Å²) in [5, 5.41) is 0. The van der Waals surface area contributed by atoms with Gasteiger partial charge in [-0.1, -0.05) is 12.8 Å². The van der Waals surface area contributed by atoms with Crippen molar-refractivity contribution in [2.45, 2.75) is 38.5 Å². The number of rotatable bonds is 5. The lowest BCUT2D eigenvalue weighted by atomic mass is 10.2. The first-order valence-corrected chi connectivity index (χ1v) is 6.68. The second-order valence-corrected chi connectivity index (χ2v) is 5.32. The molecular weight excluding hydrogens is 216 g/mol. The molecule has 0 bridgehead atoms. The molecular formula is C13H22N2O2. The number of carbonyl (C=O) groups excluding carboxylic acids is 2. The number of carbonyl (C=O) groups is 2. The standard InChI is InChI=1S/C13H22N2O2/c1-14(12(16)7-6-11-4-5-11)10-13(17)15-8-2-3-9-15/h11H,2-10H2,1H3.